The van der Waals surface area contributed by atoms with E-state index >= 15 is 0 Å². The summed E-state index contributed by atoms with van der Waals surface area (Å²) in [6.07, 6.45) is -8.22. The van der Waals surface area contributed by atoms with E-state index in [2.05, 4.69) is 13.8 Å². The fourth-order valence-electron chi connectivity index (χ4n) is 12.3. The minimum absolute atomic E-state index is 0.0271. The minimum Gasteiger partial charge on any atom is -0.394 e. The van der Waals surface area contributed by atoms with Gasteiger partial charge in [-0.05, 0) is 79.4 Å². The van der Waals surface area contributed by atoms with E-state index in [4.69, 9.17) is 23.7 Å². The maximum Gasteiger partial charge on any atom is 0.186 e. The molecule has 0 bridgehead atoms. The summed E-state index contributed by atoms with van der Waals surface area (Å²) in [6.45, 7) is 9.90. The Balaban J connectivity index is 1.14. The first kappa shape index (κ1) is 41.1. The predicted molar refractivity (Wildman–Crippen MR) is 184 cm³/mol. The summed E-state index contributed by atoms with van der Waals surface area (Å²) in [5, 5.41) is 98.9. The molecular formula is C38H66O14. The van der Waals surface area contributed by atoms with Gasteiger partial charge < -0.3 is 69.6 Å². The molecule has 0 spiro atoms. The van der Waals surface area contributed by atoms with Crippen LogP contribution in [0, 0.1) is 46.3 Å². The van der Waals surface area contributed by atoms with E-state index in [9.17, 15) is 46.0 Å². The molecule has 0 radical (unpaired) electrons. The molecule has 21 atom stereocenters. The lowest BCUT2D eigenvalue weighted by molar-refractivity contribution is -0.320. The number of fused-ring (bicyclic) bond motifs is 5. The predicted octanol–water partition coefficient (Wildman–Crippen LogP) is 0.0474. The van der Waals surface area contributed by atoms with E-state index in [1.165, 1.54) is 7.11 Å². The second-order valence-corrected chi connectivity index (χ2v) is 18.1. The number of ether oxygens (including phenoxy) is 5. The molecule has 4 aliphatic carbocycles. The average molecular weight is 747 g/mol. The van der Waals surface area contributed by atoms with Crippen LogP contribution in [-0.4, -0.2) is 152 Å². The molecule has 52 heavy (non-hydrogen) atoms. The number of hydrogen-bond acceptors (Lipinski definition) is 14. The molecule has 2 aliphatic heterocycles. The van der Waals surface area contributed by atoms with Gasteiger partial charge in [-0.1, -0.05) is 34.6 Å². The van der Waals surface area contributed by atoms with Gasteiger partial charge >= 0.3 is 0 Å². The fraction of sp³-hybridized carbons (Fsp3) is 1.00. The molecule has 2 saturated heterocycles. The van der Waals surface area contributed by atoms with Gasteiger partial charge in [-0.2, -0.15) is 0 Å². The first-order valence-corrected chi connectivity index (χ1v) is 19.6. The Morgan fingerprint density at radius 2 is 1.50 bits per heavy atom. The molecule has 6 fully saturated rings. The van der Waals surface area contributed by atoms with Gasteiger partial charge in [0.05, 0.1) is 49.3 Å². The highest BCUT2D eigenvalue weighted by atomic mass is 16.7. The first-order chi connectivity index (χ1) is 24.4. The number of hydrogen-bond donors (Lipinski definition) is 9. The first-order valence-electron chi connectivity index (χ1n) is 19.6. The average Bonchev–Trinajstić information content (AvgIpc) is 3.52. The van der Waals surface area contributed by atoms with Crippen LogP contribution in [0.2, 0.25) is 0 Å². The summed E-state index contributed by atoms with van der Waals surface area (Å²) in [6, 6.07) is 0. The molecule has 302 valence electrons. The molecule has 0 aromatic rings. The monoisotopic (exact) mass is 746 g/mol. The maximum atomic E-state index is 12.8. The van der Waals surface area contributed by atoms with Crippen molar-refractivity contribution in [1.82, 2.24) is 0 Å². The van der Waals surface area contributed by atoms with E-state index in [0.717, 1.165) is 12.8 Å². The minimum atomic E-state index is -1.35. The lowest BCUT2D eigenvalue weighted by Gasteiger charge is -2.66. The van der Waals surface area contributed by atoms with Crippen molar-refractivity contribution in [2.24, 2.45) is 46.3 Å². The van der Waals surface area contributed by atoms with E-state index in [1.54, 1.807) is 0 Å². The van der Waals surface area contributed by atoms with Crippen LogP contribution >= 0.6 is 0 Å². The molecule has 0 amide bonds. The fourth-order valence-corrected chi connectivity index (χ4v) is 12.3. The second-order valence-electron chi connectivity index (χ2n) is 18.1. The summed E-state index contributed by atoms with van der Waals surface area (Å²) in [5.74, 6) is -0.995. The third-order valence-corrected chi connectivity index (χ3v) is 14.9. The van der Waals surface area contributed by atoms with Gasteiger partial charge in [0.1, 0.15) is 36.6 Å². The second kappa shape index (κ2) is 15.4. The molecule has 6 rings (SSSR count). The van der Waals surface area contributed by atoms with Crippen molar-refractivity contribution in [3.63, 3.8) is 0 Å². The number of aliphatic hydroxyl groups is 9. The van der Waals surface area contributed by atoms with Crippen LogP contribution in [0.5, 0.6) is 0 Å². The molecule has 4 unspecified atom stereocenters. The third kappa shape index (κ3) is 6.82. The summed E-state index contributed by atoms with van der Waals surface area (Å²) in [7, 11) is 1.39. The van der Waals surface area contributed by atoms with Crippen LogP contribution in [0.25, 0.3) is 0 Å². The lowest BCUT2D eigenvalue weighted by atomic mass is 9.41. The van der Waals surface area contributed by atoms with Crippen LogP contribution < -0.4 is 0 Å². The summed E-state index contributed by atoms with van der Waals surface area (Å²) >= 11 is 0. The van der Waals surface area contributed by atoms with Crippen molar-refractivity contribution in [3.8, 4) is 0 Å². The summed E-state index contributed by atoms with van der Waals surface area (Å²) in [4.78, 5) is 0. The zero-order valence-electron chi connectivity index (χ0n) is 31.6. The topological polar surface area (TPSA) is 228 Å². The van der Waals surface area contributed by atoms with Gasteiger partial charge in [0, 0.05) is 25.4 Å². The van der Waals surface area contributed by atoms with E-state index < -0.39 is 108 Å². The Morgan fingerprint density at radius 1 is 0.808 bits per heavy atom. The molecular weight excluding hydrogens is 680 g/mol. The molecule has 0 aromatic carbocycles. The van der Waals surface area contributed by atoms with Gasteiger partial charge in [0.25, 0.3) is 0 Å². The molecule has 14 nitrogen and oxygen atoms in total. The molecule has 9 N–H and O–H groups in total. The highest BCUT2D eigenvalue weighted by Gasteiger charge is 2.72. The Labute approximate surface area is 307 Å². The van der Waals surface area contributed by atoms with Crippen LogP contribution in [0.4, 0.5) is 0 Å². The van der Waals surface area contributed by atoms with Gasteiger partial charge in [0.2, 0.25) is 0 Å². The van der Waals surface area contributed by atoms with Crippen molar-refractivity contribution in [2.75, 3.05) is 20.3 Å². The summed E-state index contributed by atoms with van der Waals surface area (Å²) < 4.78 is 29.0. The molecule has 0 aromatic heterocycles. The van der Waals surface area contributed by atoms with Crippen LogP contribution in [-0.2, 0) is 23.7 Å². The smallest absolute Gasteiger partial charge is 0.186 e. The zero-order chi connectivity index (χ0) is 38.1. The zero-order valence-corrected chi connectivity index (χ0v) is 31.6. The van der Waals surface area contributed by atoms with Crippen LogP contribution in [0.1, 0.15) is 86.0 Å². The van der Waals surface area contributed by atoms with Crippen molar-refractivity contribution in [2.45, 2.75) is 171 Å². The van der Waals surface area contributed by atoms with Gasteiger partial charge in [-0.3, -0.25) is 0 Å². The third-order valence-electron chi connectivity index (χ3n) is 14.9. The Hall–Kier alpha value is -0.560. The number of methoxy groups -OCH3 is 1. The quantitative estimate of drug-likeness (QED) is 0.127. The number of aliphatic hydroxyl groups excluding tert-OH is 8. The SMILES string of the molecule is CO[C@H]1[C@H](O[C@H]2CC[C@@]3(C)C([C@H](O)C[C@]4(O)C3CC[C@]3(C)C([C@H](C)CC[C@H](O[C@H]5O[C@H](CO)[C@@H](O)[C@@H]5O)C(C)C)C[C@H](O)C34)[C@H]2O)OC[C@@H](O)[C@@H]1O. The van der Waals surface area contributed by atoms with Crippen molar-refractivity contribution in [1.29, 1.82) is 0 Å². The van der Waals surface area contributed by atoms with Gasteiger partial charge in [-0.25, -0.2) is 0 Å². The van der Waals surface area contributed by atoms with Crippen molar-refractivity contribution < 1.29 is 69.6 Å². The molecule has 14 heteroatoms. The van der Waals surface area contributed by atoms with Crippen LogP contribution in [0.15, 0.2) is 0 Å². The van der Waals surface area contributed by atoms with E-state index in [1.807, 2.05) is 20.8 Å². The Kier molecular flexibility index (Phi) is 12.2. The molecule has 6 aliphatic rings. The largest absolute Gasteiger partial charge is 0.394 e. The summed E-state index contributed by atoms with van der Waals surface area (Å²) in [5.41, 5.74) is -2.39. The maximum absolute atomic E-state index is 12.8. The standard InChI is InChI=1S/C38H66O14/c1-17(2)23(50-34-31(46)30(45)25(15-39)52-34)8-7-18(3)19-13-20(40)33-36(19,4)12-10-26-37(5)11-9-24(29(44)27(37)21(41)14-38(26,33)47)51-35-32(48-6)28(43)22(42)16-49-35/h17-35,39-47H,7-16H2,1-6H3/t18-,19?,20+,21-,22-,23+,24+,25-,26?,27?,28+,29+,30-,31+,32-,33?,34+,35+,36-,37-,38+/m1/s1. The van der Waals surface area contributed by atoms with E-state index in [-0.39, 0.29) is 42.8 Å². The van der Waals surface area contributed by atoms with Crippen molar-refractivity contribution in [3.05, 3.63) is 0 Å². The van der Waals surface area contributed by atoms with Crippen LogP contribution in [0.3, 0.4) is 0 Å². The molecule has 2 heterocycles. The Bertz CT molecular complexity index is 1210. The highest BCUT2D eigenvalue weighted by Crippen LogP contribution is 2.70. The highest BCUT2D eigenvalue weighted by molar-refractivity contribution is 5.21. The normalized spacial score (nSPS) is 53.3. The van der Waals surface area contributed by atoms with E-state index in [0.29, 0.717) is 32.1 Å². The molecule has 4 saturated carbocycles. The van der Waals surface area contributed by atoms with Gasteiger partial charge in [0.15, 0.2) is 12.6 Å². The lowest BCUT2D eigenvalue weighted by Crippen LogP contribution is -2.71. The number of rotatable bonds is 11. The van der Waals surface area contributed by atoms with Gasteiger partial charge in [-0.15, -0.1) is 0 Å². The Morgan fingerprint density at radius 3 is 2.13 bits per heavy atom. The van der Waals surface area contributed by atoms with Crippen molar-refractivity contribution >= 4 is 0 Å².